The minimum absolute atomic E-state index is 0.241. The summed E-state index contributed by atoms with van der Waals surface area (Å²) in [5.74, 6) is 0.939. The van der Waals surface area contributed by atoms with E-state index in [1.807, 2.05) is 0 Å². The van der Waals surface area contributed by atoms with E-state index in [0.717, 1.165) is 0 Å². The molecule has 4 nitrogen and oxygen atoms in total. The van der Waals surface area contributed by atoms with Crippen LogP contribution in [0.2, 0.25) is 0 Å². The third kappa shape index (κ3) is 2.95. The van der Waals surface area contributed by atoms with Crippen LogP contribution in [-0.4, -0.2) is 9.19 Å². The smallest absolute Gasteiger partial charge is 0.226 e. The van der Waals surface area contributed by atoms with Crippen LogP contribution >= 0.6 is 0 Å². The molecular weight excluding hydrogens is 293 g/mol. The lowest BCUT2D eigenvalue weighted by Crippen LogP contribution is -1.97. The van der Waals surface area contributed by atoms with Crippen molar-refractivity contribution < 1.29 is 17.4 Å². The van der Waals surface area contributed by atoms with Gasteiger partial charge < -0.3 is 8.83 Å². The van der Waals surface area contributed by atoms with E-state index in [-0.39, 0.29) is 11.6 Å². The summed E-state index contributed by atoms with van der Waals surface area (Å²) in [6.07, 6.45) is 2.97. The predicted octanol–water partition coefficient (Wildman–Crippen LogP) is 3.69. The number of nitrogens with zero attached hydrogens (tertiary/aromatic N) is 1. The van der Waals surface area contributed by atoms with Crippen molar-refractivity contribution in [3.05, 3.63) is 60.1 Å². The maximum Gasteiger partial charge on any atom is 0.226 e. The molecule has 21 heavy (non-hydrogen) atoms. The van der Waals surface area contributed by atoms with Gasteiger partial charge in [-0.05, 0) is 37.3 Å². The number of furan rings is 1. The van der Waals surface area contributed by atoms with Gasteiger partial charge in [0.2, 0.25) is 5.89 Å². The van der Waals surface area contributed by atoms with Crippen LogP contribution in [0.5, 0.6) is 0 Å². The van der Waals surface area contributed by atoms with Gasteiger partial charge in [-0.15, -0.1) is 0 Å². The van der Waals surface area contributed by atoms with E-state index in [1.165, 1.54) is 24.7 Å². The highest BCUT2D eigenvalue weighted by atomic mass is 32.2. The molecule has 0 saturated carbocycles. The van der Waals surface area contributed by atoms with Gasteiger partial charge in [0, 0.05) is 5.56 Å². The van der Waals surface area contributed by atoms with Crippen LogP contribution in [-0.2, 0) is 16.6 Å². The first-order chi connectivity index (χ1) is 10.1. The fourth-order valence-electron chi connectivity index (χ4n) is 1.92. The number of hydrogen-bond acceptors (Lipinski definition) is 4. The molecule has 3 rings (SSSR count). The highest BCUT2D eigenvalue weighted by Crippen LogP contribution is 2.21. The SMILES string of the molecule is Cc1occc1[S@](=O)Cc1coc(-c2ccc(F)cc2)n1. The zero-order valence-corrected chi connectivity index (χ0v) is 12.0. The Morgan fingerprint density at radius 3 is 2.62 bits per heavy atom. The highest BCUT2D eigenvalue weighted by Gasteiger charge is 2.14. The predicted molar refractivity (Wildman–Crippen MR) is 75.5 cm³/mol. The zero-order chi connectivity index (χ0) is 14.8. The summed E-state index contributed by atoms with van der Waals surface area (Å²) < 4.78 is 35.6. The van der Waals surface area contributed by atoms with Crippen LogP contribution in [0.1, 0.15) is 11.5 Å². The second kappa shape index (κ2) is 5.65. The minimum Gasteiger partial charge on any atom is -0.468 e. The normalized spacial score (nSPS) is 12.5. The first kappa shape index (κ1) is 13.8. The van der Waals surface area contributed by atoms with Crippen molar-refractivity contribution in [1.82, 2.24) is 4.98 Å². The molecule has 0 spiro atoms. The van der Waals surface area contributed by atoms with E-state index in [4.69, 9.17) is 8.83 Å². The van der Waals surface area contributed by atoms with Crippen molar-refractivity contribution in [1.29, 1.82) is 0 Å². The van der Waals surface area contributed by atoms with Gasteiger partial charge in [-0.25, -0.2) is 9.37 Å². The lowest BCUT2D eigenvalue weighted by molar-refractivity contribution is 0.525. The molecule has 0 N–H and O–H groups in total. The molecule has 0 radical (unpaired) electrons. The van der Waals surface area contributed by atoms with E-state index in [0.29, 0.717) is 27.8 Å². The Labute approximate surface area is 123 Å². The molecule has 1 atom stereocenters. The maximum absolute atomic E-state index is 12.9. The second-order valence-electron chi connectivity index (χ2n) is 4.48. The average Bonchev–Trinajstić information content (AvgIpc) is 3.09. The number of aromatic nitrogens is 1. The number of aryl methyl sites for hydroxylation is 1. The Morgan fingerprint density at radius 2 is 1.95 bits per heavy atom. The Morgan fingerprint density at radius 1 is 1.19 bits per heavy atom. The number of benzene rings is 1. The summed E-state index contributed by atoms with van der Waals surface area (Å²) in [4.78, 5) is 4.93. The molecule has 0 saturated heterocycles. The summed E-state index contributed by atoms with van der Waals surface area (Å²) >= 11 is 0. The summed E-state index contributed by atoms with van der Waals surface area (Å²) in [5, 5.41) is 0. The molecule has 6 heteroatoms. The van der Waals surface area contributed by atoms with Crippen LogP contribution in [0.4, 0.5) is 4.39 Å². The third-order valence-corrected chi connectivity index (χ3v) is 4.45. The fraction of sp³-hybridized carbons (Fsp3) is 0.133. The van der Waals surface area contributed by atoms with Crippen LogP contribution < -0.4 is 0 Å². The van der Waals surface area contributed by atoms with Crippen molar-refractivity contribution in [2.75, 3.05) is 0 Å². The van der Waals surface area contributed by atoms with Gasteiger partial charge in [0.15, 0.2) is 0 Å². The third-order valence-electron chi connectivity index (χ3n) is 2.98. The Balaban J connectivity index is 1.78. The molecule has 2 heterocycles. The Hall–Kier alpha value is -2.21. The van der Waals surface area contributed by atoms with Crippen molar-refractivity contribution in [3.63, 3.8) is 0 Å². The first-order valence-electron chi connectivity index (χ1n) is 6.26. The molecule has 1 aromatic carbocycles. The number of oxazole rings is 1. The largest absolute Gasteiger partial charge is 0.468 e. The molecule has 0 bridgehead atoms. The van der Waals surface area contributed by atoms with Gasteiger partial charge in [0.1, 0.15) is 17.8 Å². The number of rotatable bonds is 4. The van der Waals surface area contributed by atoms with E-state index >= 15 is 0 Å². The maximum atomic E-state index is 12.9. The Bertz CT molecular complexity index is 776. The minimum atomic E-state index is -1.24. The van der Waals surface area contributed by atoms with Crippen LogP contribution in [0.15, 0.2) is 56.6 Å². The zero-order valence-electron chi connectivity index (χ0n) is 11.2. The molecule has 3 aromatic rings. The van der Waals surface area contributed by atoms with E-state index in [2.05, 4.69) is 4.98 Å². The van der Waals surface area contributed by atoms with Gasteiger partial charge in [0.05, 0.1) is 33.4 Å². The van der Waals surface area contributed by atoms with Crippen LogP contribution in [0.3, 0.4) is 0 Å². The quantitative estimate of drug-likeness (QED) is 0.737. The lowest BCUT2D eigenvalue weighted by atomic mass is 10.2. The molecule has 108 valence electrons. The van der Waals surface area contributed by atoms with Crippen molar-refractivity contribution in [3.8, 4) is 11.5 Å². The lowest BCUT2D eigenvalue weighted by Gasteiger charge is -1.97. The summed E-state index contributed by atoms with van der Waals surface area (Å²) in [6, 6.07) is 7.54. The number of halogens is 1. The standard InChI is InChI=1S/C15H12FNO3S/c1-10-14(6-7-19-10)21(18)9-13-8-20-15(17-13)11-2-4-12(16)5-3-11/h2-8H,9H2,1H3/t21-/m1/s1. The Kier molecular flexibility index (Phi) is 3.70. The topological polar surface area (TPSA) is 56.2 Å². The molecule has 2 aromatic heterocycles. The van der Waals surface area contributed by atoms with Crippen molar-refractivity contribution in [2.24, 2.45) is 0 Å². The van der Waals surface area contributed by atoms with Crippen LogP contribution in [0, 0.1) is 12.7 Å². The monoisotopic (exact) mass is 305 g/mol. The van der Waals surface area contributed by atoms with Crippen molar-refractivity contribution >= 4 is 10.8 Å². The molecule has 0 aliphatic rings. The summed E-state index contributed by atoms with van der Waals surface area (Å²) in [6.45, 7) is 1.76. The molecule has 0 aliphatic heterocycles. The van der Waals surface area contributed by atoms with Gasteiger partial charge in [-0.3, -0.25) is 4.21 Å². The highest BCUT2D eigenvalue weighted by molar-refractivity contribution is 7.84. The van der Waals surface area contributed by atoms with Crippen molar-refractivity contribution in [2.45, 2.75) is 17.6 Å². The second-order valence-corrected chi connectivity index (χ2v) is 5.90. The van der Waals surface area contributed by atoms with E-state index in [1.54, 1.807) is 25.1 Å². The number of hydrogen-bond donors (Lipinski definition) is 0. The molecular formula is C15H12FNO3S. The van der Waals surface area contributed by atoms with Gasteiger partial charge in [0.25, 0.3) is 0 Å². The van der Waals surface area contributed by atoms with Gasteiger partial charge in [-0.1, -0.05) is 0 Å². The van der Waals surface area contributed by atoms with Crippen LogP contribution in [0.25, 0.3) is 11.5 Å². The van der Waals surface area contributed by atoms with E-state index in [9.17, 15) is 8.60 Å². The van der Waals surface area contributed by atoms with E-state index < -0.39 is 10.8 Å². The fourth-order valence-corrected chi connectivity index (χ4v) is 3.05. The summed E-state index contributed by atoms with van der Waals surface area (Å²) in [7, 11) is -1.24. The molecule has 0 amide bonds. The van der Waals surface area contributed by atoms with Gasteiger partial charge in [-0.2, -0.15) is 0 Å². The average molecular weight is 305 g/mol. The molecule has 0 fully saturated rings. The van der Waals surface area contributed by atoms with Gasteiger partial charge >= 0.3 is 0 Å². The molecule has 0 aliphatic carbocycles. The first-order valence-corrected chi connectivity index (χ1v) is 7.58. The molecule has 0 unspecified atom stereocenters. The summed E-state index contributed by atoms with van der Waals surface area (Å²) in [5.41, 5.74) is 1.25.